The minimum absolute atomic E-state index is 0.0600. The van der Waals surface area contributed by atoms with Gasteiger partial charge in [-0.2, -0.15) is 0 Å². The third kappa shape index (κ3) is 4.42. The van der Waals surface area contributed by atoms with Gasteiger partial charge in [-0.1, -0.05) is 35.4 Å². The number of hydrogen-bond donors (Lipinski definition) is 1. The van der Waals surface area contributed by atoms with Crippen molar-refractivity contribution in [2.45, 2.75) is 17.9 Å². The Morgan fingerprint density at radius 3 is 2.65 bits per heavy atom. The molecule has 0 aliphatic carbocycles. The van der Waals surface area contributed by atoms with Crippen LogP contribution in [0.1, 0.15) is 5.56 Å². The lowest BCUT2D eigenvalue weighted by Crippen LogP contribution is -2.50. The number of halogens is 1. The van der Waals surface area contributed by atoms with Gasteiger partial charge in [0.05, 0.1) is 17.5 Å². The van der Waals surface area contributed by atoms with Gasteiger partial charge in [-0.05, 0) is 37.3 Å². The molecule has 1 aliphatic rings. The number of morpholine rings is 1. The minimum Gasteiger partial charge on any atom is -0.365 e. The van der Waals surface area contributed by atoms with E-state index in [1.54, 1.807) is 17.0 Å². The minimum atomic E-state index is -3.70. The molecule has 8 heteroatoms. The third-order valence-corrected chi connectivity index (χ3v) is 5.74. The lowest BCUT2D eigenvalue weighted by molar-refractivity contribution is -0.129. The number of aryl methyl sites for hydroxylation is 1. The van der Waals surface area contributed by atoms with Gasteiger partial charge in [0.25, 0.3) is 5.91 Å². The lowest BCUT2D eigenvalue weighted by Gasteiger charge is -2.32. The van der Waals surface area contributed by atoms with Crippen molar-refractivity contribution in [1.29, 1.82) is 0 Å². The number of nitrogens with zero attached hydrogens (tertiary/aromatic N) is 1. The van der Waals surface area contributed by atoms with E-state index < -0.39 is 16.1 Å². The van der Waals surface area contributed by atoms with Crippen molar-refractivity contribution in [3.8, 4) is 0 Å². The van der Waals surface area contributed by atoms with Gasteiger partial charge in [-0.25, -0.2) is 13.1 Å². The van der Waals surface area contributed by atoms with Gasteiger partial charge in [0.15, 0.2) is 0 Å². The van der Waals surface area contributed by atoms with E-state index in [0.29, 0.717) is 5.02 Å². The summed E-state index contributed by atoms with van der Waals surface area (Å²) in [6.45, 7) is 2.22. The van der Waals surface area contributed by atoms with Gasteiger partial charge in [-0.3, -0.25) is 4.79 Å². The quantitative estimate of drug-likeness (QED) is 0.844. The highest BCUT2D eigenvalue weighted by Gasteiger charge is 2.28. The Bertz CT molecular complexity index is 900. The zero-order chi connectivity index (χ0) is 18.7. The first-order chi connectivity index (χ1) is 12.3. The maximum Gasteiger partial charge on any atom is 0.253 e. The summed E-state index contributed by atoms with van der Waals surface area (Å²) in [6, 6.07) is 13.6. The van der Waals surface area contributed by atoms with Gasteiger partial charge >= 0.3 is 0 Å². The molecule has 1 atom stereocenters. The maximum atomic E-state index is 12.4. The van der Waals surface area contributed by atoms with Gasteiger partial charge < -0.3 is 9.64 Å². The molecule has 1 N–H and O–H groups in total. The molecule has 26 heavy (non-hydrogen) atoms. The van der Waals surface area contributed by atoms with E-state index in [-0.39, 0.29) is 30.5 Å². The van der Waals surface area contributed by atoms with Crippen LogP contribution in [0.25, 0.3) is 0 Å². The normalized spacial score (nSPS) is 18.2. The van der Waals surface area contributed by atoms with E-state index in [9.17, 15) is 13.2 Å². The van der Waals surface area contributed by atoms with E-state index in [4.69, 9.17) is 16.3 Å². The number of hydrogen-bond acceptors (Lipinski definition) is 4. The van der Waals surface area contributed by atoms with Crippen molar-refractivity contribution >= 4 is 33.2 Å². The van der Waals surface area contributed by atoms with Gasteiger partial charge in [0, 0.05) is 17.3 Å². The SMILES string of the molecule is Cc1ccc(N2CC(CNS(=O)(=O)c3cccc(Cl)c3)OCC2=O)cc1. The molecule has 1 aliphatic heterocycles. The molecule has 2 aromatic rings. The molecule has 138 valence electrons. The number of nitrogens with one attached hydrogen (secondary N) is 1. The molecule has 0 spiro atoms. The molecule has 1 saturated heterocycles. The summed E-state index contributed by atoms with van der Waals surface area (Å²) in [4.78, 5) is 13.8. The number of amides is 1. The topological polar surface area (TPSA) is 75.7 Å². The van der Waals surface area contributed by atoms with Crippen LogP contribution in [0.2, 0.25) is 5.02 Å². The Morgan fingerprint density at radius 1 is 1.23 bits per heavy atom. The lowest BCUT2D eigenvalue weighted by atomic mass is 10.2. The molecule has 1 heterocycles. The predicted molar refractivity (Wildman–Crippen MR) is 99.9 cm³/mol. The molecule has 1 fully saturated rings. The number of benzene rings is 2. The second kappa shape index (κ2) is 7.75. The Morgan fingerprint density at radius 2 is 1.96 bits per heavy atom. The van der Waals surface area contributed by atoms with Crippen LogP contribution in [0.5, 0.6) is 0 Å². The average molecular weight is 395 g/mol. The highest BCUT2D eigenvalue weighted by atomic mass is 35.5. The summed E-state index contributed by atoms with van der Waals surface area (Å²) in [5, 5.41) is 0.345. The Kier molecular flexibility index (Phi) is 5.62. The van der Waals surface area contributed by atoms with Crippen LogP contribution in [-0.2, 0) is 19.6 Å². The molecule has 1 amide bonds. The Labute approximate surface area is 157 Å². The zero-order valence-corrected chi connectivity index (χ0v) is 15.8. The molecule has 0 radical (unpaired) electrons. The van der Waals surface area contributed by atoms with E-state index in [2.05, 4.69) is 4.72 Å². The number of ether oxygens (including phenoxy) is 1. The second-order valence-corrected chi connectivity index (χ2v) is 8.29. The van der Waals surface area contributed by atoms with Crippen molar-refractivity contribution in [3.05, 3.63) is 59.1 Å². The number of carbonyl (C=O) groups excluding carboxylic acids is 1. The predicted octanol–water partition coefficient (Wildman–Crippen LogP) is 2.36. The summed E-state index contributed by atoms with van der Waals surface area (Å²) in [5.74, 6) is -0.150. The van der Waals surface area contributed by atoms with Crippen LogP contribution in [0.3, 0.4) is 0 Å². The highest BCUT2D eigenvalue weighted by molar-refractivity contribution is 7.89. The Balaban J connectivity index is 1.67. The van der Waals surface area contributed by atoms with Crippen LogP contribution in [0.4, 0.5) is 5.69 Å². The summed E-state index contributed by atoms with van der Waals surface area (Å²) < 4.78 is 32.7. The molecule has 3 rings (SSSR count). The molecule has 6 nitrogen and oxygen atoms in total. The van der Waals surface area contributed by atoms with E-state index in [1.807, 2.05) is 31.2 Å². The van der Waals surface area contributed by atoms with Crippen LogP contribution >= 0.6 is 11.6 Å². The largest absolute Gasteiger partial charge is 0.365 e. The third-order valence-electron chi connectivity index (χ3n) is 4.08. The van der Waals surface area contributed by atoms with E-state index in [0.717, 1.165) is 11.3 Å². The molecule has 0 saturated carbocycles. The maximum absolute atomic E-state index is 12.4. The smallest absolute Gasteiger partial charge is 0.253 e. The fourth-order valence-corrected chi connectivity index (χ4v) is 4.01. The number of anilines is 1. The zero-order valence-electron chi connectivity index (χ0n) is 14.2. The van der Waals surface area contributed by atoms with Crippen LogP contribution in [0, 0.1) is 6.92 Å². The first-order valence-corrected chi connectivity index (χ1v) is 9.95. The molecule has 2 aromatic carbocycles. The monoisotopic (exact) mass is 394 g/mol. The molecule has 0 aromatic heterocycles. The number of sulfonamides is 1. The summed E-state index contributed by atoms with van der Waals surface area (Å²) in [5.41, 5.74) is 1.87. The van der Waals surface area contributed by atoms with E-state index >= 15 is 0 Å². The summed E-state index contributed by atoms with van der Waals surface area (Å²) >= 11 is 5.85. The highest BCUT2D eigenvalue weighted by Crippen LogP contribution is 2.20. The number of rotatable bonds is 5. The first kappa shape index (κ1) is 18.8. The van der Waals surface area contributed by atoms with Crippen LogP contribution < -0.4 is 9.62 Å². The van der Waals surface area contributed by atoms with Gasteiger partial charge in [0.1, 0.15) is 6.61 Å². The van der Waals surface area contributed by atoms with Crippen molar-refractivity contribution < 1.29 is 17.9 Å². The second-order valence-electron chi connectivity index (χ2n) is 6.08. The van der Waals surface area contributed by atoms with E-state index in [1.165, 1.54) is 12.1 Å². The van der Waals surface area contributed by atoms with Crippen molar-refractivity contribution in [3.63, 3.8) is 0 Å². The Hall–Kier alpha value is -1.93. The van der Waals surface area contributed by atoms with Gasteiger partial charge in [0.2, 0.25) is 10.0 Å². The molecule has 0 bridgehead atoms. The van der Waals surface area contributed by atoms with Crippen molar-refractivity contribution in [1.82, 2.24) is 4.72 Å². The average Bonchev–Trinajstić information content (AvgIpc) is 2.62. The van der Waals surface area contributed by atoms with Crippen LogP contribution in [-0.4, -0.2) is 40.1 Å². The summed E-state index contributed by atoms with van der Waals surface area (Å²) in [6.07, 6.45) is -0.442. The molecular formula is C18H19ClN2O4S. The number of carbonyl (C=O) groups is 1. The fourth-order valence-electron chi connectivity index (χ4n) is 2.64. The van der Waals surface area contributed by atoms with Crippen LogP contribution in [0.15, 0.2) is 53.4 Å². The van der Waals surface area contributed by atoms with Gasteiger partial charge in [-0.15, -0.1) is 0 Å². The molecular weight excluding hydrogens is 376 g/mol. The van der Waals surface area contributed by atoms with Crippen molar-refractivity contribution in [2.24, 2.45) is 0 Å². The fraction of sp³-hybridized carbons (Fsp3) is 0.278. The molecule has 1 unspecified atom stereocenters. The van der Waals surface area contributed by atoms with Crippen molar-refractivity contribution in [2.75, 3.05) is 24.6 Å². The summed E-state index contributed by atoms with van der Waals surface area (Å²) in [7, 11) is -3.70. The first-order valence-electron chi connectivity index (χ1n) is 8.09. The standard InChI is InChI=1S/C18H19ClN2O4S/c1-13-5-7-15(8-6-13)21-11-16(25-12-18(21)22)10-20-26(23,24)17-4-2-3-14(19)9-17/h2-9,16,20H,10-12H2,1H3.